The van der Waals surface area contributed by atoms with Crippen LogP contribution in [0.15, 0.2) is 33.6 Å². The molecule has 1 N–H and O–H groups in total. The van der Waals surface area contributed by atoms with Crippen LogP contribution in [-0.2, 0) is 12.2 Å². The molecule has 1 aliphatic rings. The van der Waals surface area contributed by atoms with E-state index in [-0.39, 0.29) is 0 Å². The quantitative estimate of drug-likeness (QED) is 0.720. The lowest BCUT2D eigenvalue weighted by Crippen LogP contribution is -2.23. The third-order valence-electron chi connectivity index (χ3n) is 3.60. The highest BCUT2D eigenvalue weighted by atomic mass is 79.9. The maximum Gasteiger partial charge on any atom is 0.103 e. The number of aryl methyl sites for hydroxylation is 1. The van der Waals surface area contributed by atoms with Gasteiger partial charge in [0.2, 0.25) is 0 Å². The van der Waals surface area contributed by atoms with E-state index in [0.717, 1.165) is 23.2 Å². The van der Waals surface area contributed by atoms with Gasteiger partial charge >= 0.3 is 0 Å². The van der Waals surface area contributed by atoms with Crippen LogP contribution >= 0.6 is 39.0 Å². The fraction of sp³-hybridized carbons (Fsp3) is 0.438. The van der Waals surface area contributed by atoms with Crippen LogP contribution in [0, 0.1) is 0 Å². The molecule has 0 saturated heterocycles. The van der Waals surface area contributed by atoms with E-state index in [2.05, 4.69) is 52.4 Å². The number of thioether (sulfide) groups is 1. The summed E-state index contributed by atoms with van der Waals surface area (Å²) < 4.78 is 1.14. The summed E-state index contributed by atoms with van der Waals surface area (Å²) in [5, 5.41) is 4.85. The first-order valence-corrected chi connectivity index (χ1v) is 9.96. The minimum absolute atomic E-state index is 0.529. The van der Waals surface area contributed by atoms with E-state index < -0.39 is 0 Å². The van der Waals surface area contributed by atoms with Gasteiger partial charge in [-0.3, -0.25) is 0 Å². The van der Waals surface area contributed by atoms with E-state index in [0.29, 0.717) is 6.04 Å². The molecule has 0 saturated carbocycles. The molecule has 0 bridgehead atoms. The van der Waals surface area contributed by atoms with E-state index in [4.69, 9.17) is 4.98 Å². The number of nitrogens with zero attached hydrogens (tertiary/aromatic N) is 1. The van der Waals surface area contributed by atoms with Gasteiger partial charge in [-0.25, -0.2) is 4.98 Å². The molecule has 1 aliphatic carbocycles. The van der Waals surface area contributed by atoms with Crippen LogP contribution in [0.2, 0.25) is 0 Å². The number of hydrogen-bond donors (Lipinski definition) is 1. The van der Waals surface area contributed by atoms with Crippen molar-refractivity contribution in [3.05, 3.63) is 44.3 Å². The van der Waals surface area contributed by atoms with Crippen molar-refractivity contribution in [2.45, 2.75) is 42.9 Å². The van der Waals surface area contributed by atoms with Gasteiger partial charge in [0.25, 0.3) is 0 Å². The van der Waals surface area contributed by atoms with E-state index in [1.54, 1.807) is 0 Å². The minimum Gasteiger partial charge on any atom is -0.309 e. The Balaban J connectivity index is 1.69. The molecule has 21 heavy (non-hydrogen) atoms. The summed E-state index contributed by atoms with van der Waals surface area (Å²) in [5.74, 6) is 0.965. The molecule has 1 aromatic carbocycles. The number of aromatic nitrogens is 1. The van der Waals surface area contributed by atoms with Crippen LogP contribution in [0.3, 0.4) is 0 Å². The van der Waals surface area contributed by atoms with Crippen molar-refractivity contribution in [2.75, 3.05) is 6.54 Å². The predicted octanol–water partition coefficient (Wildman–Crippen LogP) is 5.18. The Morgan fingerprint density at radius 1 is 1.48 bits per heavy atom. The number of halogens is 1. The van der Waals surface area contributed by atoms with Crippen LogP contribution in [0.1, 0.15) is 41.4 Å². The molecule has 3 rings (SSSR count). The van der Waals surface area contributed by atoms with Crippen LogP contribution in [0.25, 0.3) is 0 Å². The van der Waals surface area contributed by atoms with Crippen molar-refractivity contribution in [1.29, 1.82) is 0 Å². The summed E-state index contributed by atoms with van der Waals surface area (Å²) in [5.41, 5.74) is 1.34. The Morgan fingerprint density at radius 2 is 2.38 bits per heavy atom. The van der Waals surface area contributed by atoms with E-state index in [1.807, 2.05) is 23.1 Å². The van der Waals surface area contributed by atoms with Gasteiger partial charge in [0.05, 0.1) is 11.4 Å². The lowest BCUT2D eigenvalue weighted by molar-refractivity contribution is 0.476. The molecular weight excluding hydrogens is 364 g/mol. The van der Waals surface area contributed by atoms with Gasteiger partial charge in [0.15, 0.2) is 0 Å². The minimum atomic E-state index is 0.529. The molecule has 112 valence electrons. The molecule has 0 radical (unpaired) electrons. The van der Waals surface area contributed by atoms with E-state index in [1.165, 1.54) is 33.3 Å². The average Bonchev–Trinajstić information content (AvgIpc) is 2.90. The zero-order chi connectivity index (χ0) is 14.7. The van der Waals surface area contributed by atoms with Gasteiger partial charge in [0.1, 0.15) is 5.01 Å². The fourth-order valence-corrected chi connectivity index (χ4v) is 5.40. The number of hydrogen-bond acceptors (Lipinski definition) is 4. The molecule has 0 spiro atoms. The normalized spacial score (nSPS) is 17.7. The molecule has 0 amide bonds. The molecule has 1 heterocycles. The second kappa shape index (κ2) is 7.27. The van der Waals surface area contributed by atoms with Gasteiger partial charge in [-0.1, -0.05) is 28.9 Å². The van der Waals surface area contributed by atoms with Crippen LogP contribution in [0.5, 0.6) is 0 Å². The highest BCUT2D eigenvalue weighted by molar-refractivity contribution is 9.10. The van der Waals surface area contributed by atoms with Crippen LogP contribution < -0.4 is 5.32 Å². The Kier molecular flexibility index (Phi) is 5.38. The highest BCUT2D eigenvalue weighted by Crippen LogP contribution is 2.36. The summed E-state index contributed by atoms with van der Waals surface area (Å²) in [4.78, 5) is 7.64. The predicted molar refractivity (Wildman–Crippen MR) is 95.2 cm³/mol. The monoisotopic (exact) mass is 382 g/mol. The molecule has 5 heteroatoms. The van der Waals surface area contributed by atoms with Gasteiger partial charge in [-0.05, 0) is 44.0 Å². The molecule has 0 aliphatic heterocycles. The number of benzene rings is 1. The van der Waals surface area contributed by atoms with Crippen molar-refractivity contribution in [3.8, 4) is 0 Å². The summed E-state index contributed by atoms with van der Waals surface area (Å²) in [6.45, 7) is 3.21. The summed E-state index contributed by atoms with van der Waals surface area (Å²) >= 11 is 7.29. The average molecular weight is 383 g/mol. The summed E-state index contributed by atoms with van der Waals surface area (Å²) in [6.07, 6.45) is 3.66. The van der Waals surface area contributed by atoms with Crippen LogP contribution in [0.4, 0.5) is 0 Å². The second-order valence-electron chi connectivity index (χ2n) is 5.17. The standard InChI is InChI=1S/C16H19BrN2S2/c1-2-18-13-7-4-8-14-16(13)21-15(19-14)10-20-12-6-3-5-11(17)9-12/h3,5-6,9,13,18H,2,4,7-8,10H2,1H3. The third kappa shape index (κ3) is 3.89. The SMILES string of the molecule is CCNC1CCCc2nc(CSc3cccc(Br)c3)sc21. The van der Waals surface area contributed by atoms with Crippen molar-refractivity contribution in [3.63, 3.8) is 0 Å². The number of thiazole rings is 1. The first-order valence-electron chi connectivity index (χ1n) is 7.36. The molecule has 2 aromatic rings. The van der Waals surface area contributed by atoms with Gasteiger partial charge in [0, 0.05) is 20.3 Å². The third-order valence-corrected chi connectivity index (χ3v) is 6.50. The van der Waals surface area contributed by atoms with E-state index >= 15 is 0 Å². The number of rotatable bonds is 5. The maximum atomic E-state index is 4.87. The van der Waals surface area contributed by atoms with Crippen molar-refractivity contribution < 1.29 is 0 Å². The first-order chi connectivity index (χ1) is 10.3. The first kappa shape index (κ1) is 15.5. The highest BCUT2D eigenvalue weighted by Gasteiger charge is 2.23. The molecule has 1 aromatic heterocycles. The van der Waals surface area contributed by atoms with Crippen LogP contribution in [-0.4, -0.2) is 11.5 Å². The van der Waals surface area contributed by atoms with Gasteiger partial charge < -0.3 is 5.32 Å². The smallest absolute Gasteiger partial charge is 0.103 e. The Hall–Kier alpha value is -0.360. The molecule has 1 unspecified atom stereocenters. The van der Waals surface area contributed by atoms with Crippen molar-refractivity contribution in [2.24, 2.45) is 0 Å². The summed E-state index contributed by atoms with van der Waals surface area (Å²) in [7, 11) is 0. The lowest BCUT2D eigenvalue weighted by atomic mass is 9.98. The zero-order valence-electron chi connectivity index (χ0n) is 12.1. The molecule has 0 fully saturated rings. The molecular formula is C16H19BrN2S2. The Morgan fingerprint density at radius 3 is 3.19 bits per heavy atom. The number of fused-ring (bicyclic) bond motifs is 1. The van der Waals surface area contributed by atoms with Gasteiger partial charge in [-0.15, -0.1) is 23.1 Å². The van der Waals surface area contributed by atoms with Crippen molar-refractivity contribution >= 4 is 39.0 Å². The second-order valence-corrected chi connectivity index (χ2v) is 8.25. The molecule has 1 atom stereocenters. The largest absolute Gasteiger partial charge is 0.309 e. The Labute approximate surface area is 142 Å². The Bertz CT molecular complexity index is 612. The van der Waals surface area contributed by atoms with E-state index in [9.17, 15) is 0 Å². The zero-order valence-corrected chi connectivity index (χ0v) is 15.3. The topological polar surface area (TPSA) is 24.9 Å². The molecule has 2 nitrogen and oxygen atoms in total. The van der Waals surface area contributed by atoms with Crippen molar-refractivity contribution in [1.82, 2.24) is 10.3 Å². The van der Waals surface area contributed by atoms with Gasteiger partial charge in [-0.2, -0.15) is 0 Å². The lowest BCUT2D eigenvalue weighted by Gasteiger charge is -2.21. The maximum absolute atomic E-state index is 4.87. The summed E-state index contributed by atoms with van der Waals surface area (Å²) in [6, 6.07) is 9.00. The fourth-order valence-electron chi connectivity index (χ4n) is 2.68. The number of nitrogens with one attached hydrogen (secondary N) is 1.